The molecular weight excluding hydrogens is 726 g/mol. The molecule has 5 rings (SSSR count). The average molecular weight is 782 g/mol. The summed E-state index contributed by atoms with van der Waals surface area (Å²) < 4.78 is 0. The number of hydrogen-bond donors (Lipinski definition) is 5. The Balaban J connectivity index is 0.00000650. The Morgan fingerprint density at radius 2 is 1.67 bits per heavy atom. The zero-order chi connectivity index (χ0) is 38.0. The van der Waals surface area contributed by atoms with Crippen molar-refractivity contribution in [1.29, 1.82) is 0 Å². The monoisotopic (exact) mass is 781 g/mol. The molecule has 294 valence electrons. The van der Waals surface area contributed by atoms with E-state index in [9.17, 15) is 24.3 Å². The topological polar surface area (TPSA) is 156 Å². The summed E-state index contributed by atoms with van der Waals surface area (Å²) in [5, 5.41) is 22.7. The molecule has 4 amide bonds. The summed E-state index contributed by atoms with van der Waals surface area (Å²) in [5.74, 6) is -1.05. The fraction of sp³-hybridized carbons (Fsp3) is 0.525. The highest BCUT2D eigenvalue weighted by Crippen LogP contribution is 2.28. The predicted octanol–water partition coefficient (Wildman–Crippen LogP) is 4.09. The number of benzene rings is 2. The quantitative estimate of drug-likeness (QED) is 0.145. The van der Waals surface area contributed by atoms with Gasteiger partial charge in [-0.25, -0.2) is 4.98 Å². The van der Waals surface area contributed by atoms with Crippen LogP contribution in [0.4, 0.5) is 5.69 Å². The lowest BCUT2D eigenvalue weighted by Crippen LogP contribution is -2.57. The van der Waals surface area contributed by atoms with Gasteiger partial charge < -0.3 is 36.2 Å². The first kappa shape index (κ1) is 42.7. The molecule has 0 bridgehead atoms. The second kappa shape index (κ2) is 20.0. The van der Waals surface area contributed by atoms with E-state index >= 15 is 0 Å². The number of anilines is 1. The molecule has 0 spiro atoms. The highest BCUT2D eigenvalue weighted by atomic mass is 35.5. The van der Waals surface area contributed by atoms with Gasteiger partial charge in [-0.1, -0.05) is 51.5 Å². The number of rotatable bonds is 15. The molecule has 14 heteroatoms. The Hall–Kier alpha value is -4.04. The molecule has 3 heterocycles. The summed E-state index contributed by atoms with van der Waals surface area (Å²) in [6.45, 7) is 12.3. The minimum atomic E-state index is -0.867. The minimum absolute atomic E-state index is 0. The van der Waals surface area contributed by atoms with E-state index in [-0.39, 0.29) is 55.4 Å². The number of aliphatic hydroxyl groups excluding tert-OH is 1. The highest BCUT2D eigenvalue weighted by molar-refractivity contribution is 7.13. The van der Waals surface area contributed by atoms with Gasteiger partial charge in [-0.3, -0.25) is 19.2 Å². The van der Waals surface area contributed by atoms with Crippen molar-refractivity contribution in [2.24, 2.45) is 5.41 Å². The molecule has 5 N–H and O–H groups in total. The standard InChI is InChI=1S/C40H55N7O5S.ClH/c1-27-35(53-26-44-27)29-11-9-28(10-12-29)17-19-43-38(51)33-24-32(48)25-47(33)39(52)36(40(2,3)4)45-34(49)8-6-5-7-18-42-37(50)30-13-15-31(16-14-30)46-22-20-41-21-23-46;/h9-16,26,32-33,36,41,48H,5-8,17-25H2,1-4H3,(H,42,50)(H,43,51)(H,45,49);1H/t32-,33-,36+;/m0./s1. The first-order chi connectivity index (χ1) is 25.4. The maximum Gasteiger partial charge on any atom is 0.251 e. The third-order valence-corrected chi connectivity index (χ3v) is 10.9. The average Bonchev–Trinajstić information content (AvgIpc) is 3.77. The maximum atomic E-state index is 13.9. The van der Waals surface area contributed by atoms with Gasteiger partial charge in [0.15, 0.2) is 0 Å². The van der Waals surface area contributed by atoms with Crippen molar-refractivity contribution in [2.45, 2.75) is 84.4 Å². The minimum Gasteiger partial charge on any atom is -0.391 e. The summed E-state index contributed by atoms with van der Waals surface area (Å²) in [4.78, 5) is 62.1. The Labute approximate surface area is 329 Å². The zero-order valence-corrected chi connectivity index (χ0v) is 33.5. The SMILES string of the molecule is Cc1ncsc1-c1ccc(CCNC(=O)[C@@H]2C[C@H](O)CN2C(=O)[C@@H](NC(=O)CCCCCNC(=O)c2ccc(N3CCNCC3)cc2)C(C)(C)C)cc1.Cl. The van der Waals surface area contributed by atoms with Crippen LogP contribution in [0.5, 0.6) is 0 Å². The number of hydrogen-bond acceptors (Lipinski definition) is 9. The van der Waals surface area contributed by atoms with Crippen molar-refractivity contribution in [1.82, 2.24) is 31.2 Å². The van der Waals surface area contributed by atoms with Crippen LogP contribution in [0.2, 0.25) is 0 Å². The lowest BCUT2D eigenvalue weighted by atomic mass is 9.85. The summed E-state index contributed by atoms with van der Waals surface area (Å²) in [6.07, 6.45) is 2.23. The van der Waals surface area contributed by atoms with E-state index in [2.05, 4.69) is 43.3 Å². The molecular formula is C40H56ClN7O5S. The van der Waals surface area contributed by atoms with Gasteiger partial charge in [0, 0.05) is 69.9 Å². The van der Waals surface area contributed by atoms with Crippen LogP contribution in [0.1, 0.15) is 74.5 Å². The van der Waals surface area contributed by atoms with Crippen LogP contribution in [0, 0.1) is 12.3 Å². The summed E-state index contributed by atoms with van der Waals surface area (Å²) in [5.41, 5.74) is 6.13. The Morgan fingerprint density at radius 3 is 2.31 bits per heavy atom. The molecule has 1 aromatic heterocycles. The van der Waals surface area contributed by atoms with Gasteiger partial charge in [0.05, 0.1) is 22.2 Å². The molecule has 3 atom stereocenters. The van der Waals surface area contributed by atoms with Crippen LogP contribution >= 0.6 is 23.7 Å². The number of amides is 4. The molecule has 54 heavy (non-hydrogen) atoms. The number of nitrogens with one attached hydrogen (secondary N) is 4. The second-order valence-corrected chi connectivity index (χ2v) is 16.0. The van der Waals surface area contributed by atoms with Gasteiger partial charge in [0.2, 0.25) is 17.7 Å². The first-order valence-corrected chi connectivity index (χ1v) is 19.7. The second-order valence-electron chi connectivity index (χ2n) is 15.1. The Morgan fingerprint density at radius 1 is 0.963 bits per heavy atom. The number of carbonyl (C=O) groups excluding carboxylic acids is 4. The van der Waals surface area contributed by atoms with E-state index in [0.717, 1.165) is 66.4 Å². The molecule has 2 fully saturated rings. The number of β-amino-alcohol motifs (C(OH)–C–C–N with tert-alkyl or cyclic N) is 1. The highest BCUT2D eigenvalue weighted by Gasteiger charge is 2.44. The number of carbonyl (C=O) groups is 4. The smallest absolute Gasteiger partial charge is 0.251 e. The maximum absolute atomic E-state index is 13.9. The van der Waals surface area contributed by atoms with Crippen LogP contribution in [0.3, 0.4) is 0 Å². The summed E-state index contributed by atoms with van der Waals surface area (Å²) >= 11 is 1.60. The van der Waals surface area contributed by atoms with Gasteiger partial charge >= 0.3 is 0 Å². The number of unbranched alkanes of at least 4 members (excludes halogenated alkanes) is 2. The Bertz CT molecular complexity index is 1690. The normalized spacial score (nSPS) is 17.7. The van der Waals surface area contributed by atoms with Crippen molar-refractivity contribution in [3.05, 3.63) is 70.9 Å². The summed E-state index contributed by atoms with van der Waals surface area (Å²) in [6, 6.07) is 14.2. The largest absolute Gasteiger partial charge is 0.391 e. The molecule has 0 aliphatic carbocycles. The first-order valence-electron chi connectivity index (χ1n) is 18.8. The van der Waals surface area contributed by atoms with E-state index in [1.807, 2.05) is 69.6 Å². The number of aromatic nitrogens is 1. The van der Waals surface area contributed by atoms with Crippen molar-refractivity contribution < 1.29 is 24.3 Å². The molecule has 12 nitrogen and oxygen atoms in total. The molecule has 0 unspecified atom stereocenters. The van der Waals surface area contributed by atoms with Crippen LogP contribution in [0.15, 0.2) is 54.0 Å². The van der Waals surface area contributed by atoms with Gasteiger partial charge in [0.1, 0.15) is 12.1 Å². The predicted molar refractivity (Wildman–Crippen MR) is 216 cm³/mol. The van der Waals surface area contributed by atoms with Crippen LogP contribution in [-0.2, 0) is 20.8 Å². The molecule has 2 aliphatic heterocycles. The number of likely N-dealkylation sites (tertiary alicyclic amines) is 1. The third kappa shape index (κ3) is 11.7. The van der Waals surface area contributed by atoms with E-state index in [1.165, 1.54) is 4.90 Å². The molecule has 2 saturated heterocycles. The van der Waals surface area contributed by atoms with Gasteiger partial charge in [-0.15, -0.1) is 23.7 Å². The van der Waals surface area contributed by atoms with Gasteiger partial charge in [-0.05, 0) is 67.0 Å². The number of thiazole rings is 1. The lowest BCUT2D eigenvalue weighted by molar-refractivity contribution is -0.144. The fourth-order valence-electron chi connectivity index (χ4n) is 6.84. The molecule has 0 saturated carbocycles. The number of nitrogens with zero attached hydrogens (tertiary/aromatic N) is 3. The third-order valence-electron chi connectivity index (χ3n) is 9.94. The lowest BCUT2D eigenvalue weighted by Gasteiger charge is -2.35. The van der Waals surface area contributed by atoms with Crippen LogP contribution < -0.4 is 26.2 Å². The van der Waals surface area contributed by atoms with Crippen molar-refractivity contribution in [2.75, 3.05) is 50.7 Å². The molecule has 2 aliphatic rings. The van der Waals surface area contributed by atoms with Gasteiger partial charge in [-0.2, -0.15) is 0 Å². The van der Waals surface area contributed by atoms with E-state index in [1.54, 1.807) is 11.3 Å². The number of aliphatic hydroxyl groups is 1. The molecule has 3 aromatic rings. The molecule has 0 radical (unpaired) electrons. The van der Waals surface area contributed by atoms with Gasteiger partial charge in [0.25, 0.3) is 5.91 Å². The van der Waals surface area contributed by atoms with E-state index < -0.39 is 23.6 Å². The van der Waals surface area contributed by atoms with E-state index in [0.29, 0.717) is 31.5 Å². The van der Waals surface area contributed by atoms with Crippen molar-refractivity contribution in [3.63, 3.8) is 0 Å². The zero-order valence-electron chi connectivity index (χ0n) is 31.9. The number of halogens is 1. The van der Waals surface area contributed by atoms with Crippen LogP contribution in [0.25, 0.3) is 10.4 Å². The summed E-state index contributed by atoms with van der Waals surface area (Å²) in [7, 11) is 0. The fourth-order valence-corrected chi connectivity index (χ4v) is 7.65. The Kier molecular flexibility index (Phi) is 15.8. The number of piperazine rings is 1. The molecule has 2 aromatic carbocycles. The van der Waals surface area contributed by atoms with Crippen molar-refractivity contribution >= 4 is 53.1 Å². The number of aryl methyl sites for hydroxylation is 1. The van der Waals surface area contributed by atoms with Crippen molar-refractivity contribution in [3.8, 4) is 10.4 Å². The van der Waals surface area contributed by atoms with Crippen LogP contribution in [-0.4, -0.2) is 103 Å². The van der Waals surface area contributed by atoms with E-state index in [4.69, 9.17) is 0 Å².